The Hall–Kier alpha value is -2.56. The van der Waals surface area contributed by atoms with Gasteiger partial charge in [-0.15, -0.1) is 0 Å². The van der Waals surface area contributed by atoms with Gasteiger partial charge in [-0.1, -0.05) is 47.5 Å². The van der Waals surface area contributed by atoms with E-state index in [0.29, 0.717) is 22.3 Å². The molecular formula is C19H15Cl2N3O. The number of carbonyl (C=O) groups excluding carboxylic acids is 1. The maximum atomic E-state index is 12.3. The second-order valence-corrected chi connectivity index (χ2v) is 6.19. The van der Waals surface area contributed by atoms with Gasteiger partial charge in [-0.2, -0.15) is 0 Å². The number of amides is 1. The van der Waals surface area contributed by atoms with Gasteiger partial charge in [-0.3, -0.25) is 9.78 Å². The van der Waals surface area contributed by atoms with Crippen LogP contribution in [0.1, 0.15) is 16.1 Å². The molecule has 0 spiro atoms. The topological polar surface area (TPSA) is 54.0 Å². The first-order valence-electron chi connectivity index (χ1n) is 7.62. The maximum absolute atomic E-state index is 12.3. The van der Waals surface area contributed by atoms with Gasteiger partial charge in [0, 0.05) is 23.5 Å². The summed E-state index contributed by atoms with van der Waals surface area (Å²) in [6, 6.07) is 18.2. The Balaban J connectivity index is 1.67. The summed E-state index contributed by atoms with van der Waals surface area (Å²) in [5.74, 6) is -0.252. The van der Waals surface area contributed by atoms with Crippen molar-refractivity contribution in [2.75, 3.05) is 5.32 Å². The minimum atomic E-state index is -0.252. The van der Waals surface area contributed by atoms with Crippen molar-refractivity contribution in [2.24, 2.45) is 0 Å². The number of halogens is 2. The highest BCUT2D eigenvalue weighted by Crippen LogP contribution is 2.24. The molecule has 3 aromatic rings. The van der Waals surface area contributed by atoms with E-state index in [2.05, 4.69) is 15.6 Å². The van der Waals surface area contributed by atoms with Gasteiger partial charge in [0.15, 0.2) is 0 Å². The number of rotatable bonds is 5. The molecule has 2 N–H and O–H groups in total. The Morgan fingerprint density at radius 2 is 1.76 bits per heavy atom. The molecule has 0 unspecified atom stereocenters. The second kappa shape index (κ2) is 8.01. The molecule has 0 saturated heterocycles. The third-order valence-electron chi connectivity index (χ3n) is 3.51. The fourth-order valence-electron chi connectivity index (χ4n) is 2.23. The number of nitrogens with zero attached hydrogens (tertiary/aromatic N) is 1. The van der Waals surface area contributed by atoms with Crippen molar-refractivity contribution in [1.29, 1.82) is 0 Å². The quantitative estimate of drug-likeness (QED) is 0.658. The lowest BCUT2D eigenvalue weighted by atomic mass is 10.2. The zero-order valence-corrected chi connectivity index (χ0v) is 14.7. The molecular weight excluding hydrogens is 357 g/mol. The van der Waals surface area contributed by atoms with Gasteiger partial charge in [0.2, 0.25) is 0 Å². The van der Waals surface area contributed by atoms with Crippen LogP contribution in [0.2, 0.25) is 10.0 Å². The highest BCUT2D eigenvalue weighted by Gasteiger charge is 2.08. The highest BCUT2D eigenvalue weighted by molar-refractivity contribution is 6.33. The van der Waals surface area contributed by atoms with E-state index in [-0.39, 0.29) is 5.91 Å². The van der Waals surface area contributed by atoms with Gasteiger partial charge >= 0.3 is 0 Å². The molecule has 0 saturated carbocycles. The molecule has 0 aliphatic carbocycles. The molecule has 0 atom stereocenters. The summed E-state index contributed by atoms with van der Waals surface area (Å²) in [5, 5.41) is 7.29. The smallest absolute Gasteiger partial charge is 0.270 e. The number of carbonyl (C=O) groups is 1. The maximum Gasteiger partial charge on any atom is 0.270 e. The Morgan fingerprint density at radius 3 is 2.52 bits per heavy atom. The Bertz CT molecular complexity index is 882. The summed E-state index contributed by atoms with van der Waals surface area (Å²) in [6.07, 6.45) is 1.58. The van der Waals surface area contributed by atoms with Crippen LogP contribution < -0.4 is 10.6 Å². The average molecular weight is 372 g/mol. The molecule has 0 bridgehead atoms. The predicted octanol–water partition coefficient (Wildman–Crippen LogP) is 5.06. The molecule has 126 valence electrons. The standard InChI is InChI=1S/C19H15Cl2N3O/c20-14-7-5-13(6-8-14)12-23-19(25)18-11-15(9-10-22-18)24-17-4-2-1-3-16(17)21/h1-11H,12H2,(H,22,24)(H,23,25). The molecule has 3 rings (SSSR count). The Kier molecular flexibility index (Phi) is 5.53. The molecule has 0 aliphatic heterocycles. The largest absolute Gasteiger partial charge is 0.354 e. The van der Waals surface area contributed by atoms with Crippen LogP contribution in [0.3, 0.4) is 0 Å². The molecule has 0 radical (unpaired) electrons. The lowest BCUT2D eigenvalue weighted by molar-refractivity contribution is 0.0946. The van der Waals surface area contributed by atoms with Crippen molar-refractivity contribution in [3.05, 3.63) is 88.2 Å². The molecule has 25 heavy (non-hydrogen) atoms. The van der Waals surface area contributed by atoms with Gasteiger partial charge in [-0.05, 0) is 42.0 Å². The van der Waals surface area contributed by atoms with Gasteiger partial charge < -0.3 is 10.6 Å². The van der Waals surface area contributed by atoms with Gasteiger partial charge in [0.1, 0.15) is 5.69 Å². The first-order valence-corrected chi connectivity index (χ1v) is 8.38. The van der Waals surface area contributed by atoms with Crippen molar-refractivity contribution in [2.45, 2.75) is 6.54 Å². The third-order valence-corrected chi connectivity index (χ3v) is 4.09. The zero-order valence-electron chi connectivity index (χ0n) is 13.2. The molecule has 1 aromatic heterocycles. The van der Waals surface area contributed by atoms with Crippen LogP contribution >= 0.6 is 23.2 Å². The summed E-state index contributed by atoms with van der Waals surface area (Å²) in [5.41, 5.74) is 2.79. The Labute approximate surface area is 155 Å². The van der Waals surface area contributed by atoms with Crippen LogP contribution in [-0.2, 0) is 6.54 Å². The van der Waals surface area contributed by atoms with E-state index >= 15 is 0 Å². The predicted molar refractivity (Wildman–Crippen MR) is 102 cm³/mol. The molecule has 0 aliphatic rings. The fraction of sp³-hybridized carbons (Fsp3) is 0.0526. The normalized spacial score (nSPS) is 10.3. The van der Waals surface area contributed by atoms with Crippen molar-refractivity contribution in [3.63, 3.8) is 0 Å². The first kappa shape index (κ1) is 17.3. The Morgan fingerprint density at radius 1 is 1.00 bits per heavy atom. The van der Waals surface area contributed by atoms with E-state index in [1.165, 1.54) is 0 Å². The van der Waals surface area contributed by atoms with Crippen molar-refractivity contribution < 1.29 is 4.79 Å². The lowest BCUT2D eigenvalue weighted by Gasteiger charge is -2.10. The van der Waals surface area contributed by atoms with Crippen LogP contribution in [0.15, 0.2) is 66.9 Å². The molecule has 6 heteroatoms. The van der Waals surface area contributed by atoms with Crippen LogP contribution in [0.4, 0.5) is 11.4 Å². The van der Waals surface area contributed by atoms with Gasteiger partial charge in [-0.25, -0.2) is 0 Å². The van der Waals surface area contributed by atoms with E-state index in [0.717, 1.165) is 16.9 Å². The van der Waals surface area contributed by atoms with Crippen LogP contribution in [0, 0.1) is 0 Å². The van der Waals surface area contributed by atoms with E-state index in [9.17, 15) is 4.79 Å². The van der Waals surface area contributed by atoms with Gasteiger partial charge in [0.25, 0.3) is 5.91 Å². The lowest BCUT2D eigenvalue weighted by Crippen LogP contribution is -2.23. The molecule has 0 fully saturated rings. The SMILES string of the molecule is O=C(NCc1ccc(Cl)cc1)c1cc(Nc2ccccc2Cl)ccn1. The first-order chi connectivity index (χ1) is 12.1. The van der Waals surface area contributed by atoms with Crippen LogP contribution in [0.25, 0.3) is 0 Å². The minimum absolute atomic E-state index is 0.252. The number of para-hydroxylation sites is 1. The number of pyridine rings is 1. The zero-order chi connectivity index (χ0) is 17.6. The molecule has 1 amide bonds. The van der Waals surface area contributed by atoms with Crippen molar-refractivity contribution in [3.8, 4) is 0 Å². The highest BCUT2D eigenvalue weighted by atomic mass is 35.5. The summed E-state index contributed by atoms with van der Waals surface area (Å²) in [6.45, 7) is 0.403. The number of nitrogens with one attached hydrogen (secondary N) is 2. The summed E-state index contributed by atoms with van der Waals surface area (Å²) in [7, 11) is 0. The molecule has 4 nitrogen and oxygen atoms in total. The minimum Gasteiger partial charge on any atom is -0.354 e. The molecule has 1 heterocycles. The number of hydrogen-bond acceptors (Lipinski definition) is 3. The number of benzene rings is 2. The number of hydrogen-bond donors (Lipinski definition) is 2. The second-order valence-electron chi connectivity index (χ2n) is 5.34. The average Bonchev–Trinajstić information content (AvgIpc) is 2.63. The third kappa shape index (κ3) is 4.72. The van der Waals surface area contributed by atoms with E-state index < -0.39 is 0 Å². The van der Waals surface area contributed by atoms with Crippen LogP contribution in [0.5, 0.6) is 0 Å². The summed E-state index contributed by atoms with van der Waals surface area (Å²) >= 11 is 12.0. The van der Waals surface area contributed by atoms with Crippen LogP contribution in [-0.4, -0.2) is 10.9 Å². The summed E-state index contributed by atoms with van der Waals surface area (Å²) in [4.78, 5) is 16.4. The number of anilines is 2. The van der Waals surface area contributed by atoms with E-state index in [1.807, 2.05) is 30.3 Å². The fourth-order valence-corrected chi connectivity index (χ4v) is 2.53. The molecule has 2 aromatic carbocycles. The van der Waals surface area contributed by atoms with Gasteiger partial charge in [0.05, 0.1) is 10.7 Å². The number of aromatic nitrogens is 1. The summed E-state index contributed by atoms with van der Waals surface area (Å²) < 4.78 is 0. The van der Waals surface area contributed by atoms with Crippen molar-refractivity contribution >= 4 is 40.5 Å². The van der Waals surface area contributed by atoms with E-state index in [1.54, 1.807) is 36.5 Å². The monoisotopic (exact) mass is 371 g/mol. The van der Waals surface area contributed by atoms with E-state index in [4.69, 9.17) is 23.2 Å². The van der Waals surface area contributed by atoms with Crippen molar-refractivity contribution in [1.82, 2.24) is 10.3 Å².